The van der Waals surface area contributed by atoms with Crippen LogP contribution < -0.4 is 0 Å². The number of hydrogen-bond donors (Lipinski definition) is 1. The lowest BCUT2D eigenvalue weighted by Crippen LogP contribution is -2.47. The van der Waals surface area contributed by atoms with E-state index in [9.17, 15) is 14.7 Å². The lowest BCUT2D eigenvalue weighted by atomic mass is 9.88. The van der Waals surface area contributed by atoms with Crippen LogP contribution in [0.1, 0.15) is 12.5 Å². The zero-order valence-corrected chi connectivity index (χ0v) is 10.4. The van der Waals surface area contributed by atoms with E-state index in [1.165, 1.54) is 12.2 Å². The summed E-state index contributed by atoms with van der Waals surface area (Å²) in [6, 6.07) is 8.28. The molecular formula is C14H14O5. The number of carbonyl (C=O) groups excluding carboxylic acids is 2. The molecule has 19 heavy (non-hydrogen) atoms. The summed E-state index contributed by atoms with van der Waals surface area (Å²) in [5, 5.41) is 10.7. The molecule has 100 valence electrons. The molecule has 0 unspecified atom stereocenters. The Bertz CT molecular complexity index is 508. The van der Waals surface area contributed by atoms with E-state index in [4.69, 9.17) is 9.47 Å². The minimum absolute atomic E-state index is 0.123. The maximum Gasteiger partial charge on any atom is 0.347 e. The van der Waals surface area contributed by atoms with Gasteiger partial charge in [-0.15, -0.1) is 0 Å². The van der Waals surface area contributed by atoms with Crippen molar-refractivity contribution in [3.05, 3.63) is 48.0 Å². The smallest absolute Gasteiger partial charge is 0.347 e. The Morgan fingerprint density at radius 2 is 2.11 bits per heavy atom. The summed E-state index contributed by atoms with van der Waals surface area (Å²) < 4.78 is 9.84. The van der Waals surface area contributed by atoms with Gasteiger partial charge in [0.15, 0.2) is 6.10 Å². The topological polar surface area (TPSA) is 72.8 Å². The Morgan fingerprint density at radius 1 is 1.42 bits per heavy atom. The third-order valence-corrected chi connectivity index (χ3v) is 2.86. The van der Waals surface area contributed by atoms with Crippen LogP contribution in [0.5, 0.6) is 0 Å². The Balaban J connectivity index is 2.41. The number of rotatable bonds is 4. The molecule has 5 heteroatoms. The van der Waals surface area contributed by atoms with Gasteiger partial charge in [-0.25, -0.2) is 9.59 Å². The van der Waals surface area contributed by atoms with E-state index >= 15 is 0 Å². The summed E-state index contributed by atoms with van der Waals surface area (Å²) in [6.07, 6.45) is 1.45. The maximum absolute atomic E-state index is 12.1. The van der Waals surface area contributed by atoms with Crippen molar-refractivity contribution in [3.63, 3.8) is 0 Å². The van der Waals surface area contributed by atoms with Gasteiger partial charge in [-0.05, 0) is 18.6 Å². The summed E-state index contributed by atoms with van der Waals surface area (Å²) in [7, 11) is 0. The second kappa shape index (κ2) is 5.24. The minimum atomic E-state index is -2.03. The van der Waals surface area contributed by atoms with E-state index in [0.29, 0.717) is 5.56 Å². The third-order valence-electron chi connectivity index (χ3n) is 2.86. The molecule has 0 saturated carbocycles. The average Bonchev–Trinajstić information content (AvgIpc) is 2.86. The van der Waals surface area contributed by atoms with E-state index < -0.39 is 23.6 Å². The molecule has 0 radical (unpaired) electrons. The van der Waals surface area contributed by atoms with Crippen molar-refractivity contribution in [3.8, 4) is 0 Å². The SMILES string of the molecule is CCOC(=O)[C@](O)(c1ccccc1)[C@@H]1C=CC(=O)O1. The average molecular weight is 262 g/mol. The molecule has 0 aliphatic carbocycles. The Kier molecular flexibility index (Phi) is 3.66. The Hall–Kier alpha value is -2.14. The van der Waals surface area contributed by atoms with Crippen molar-refractivity contribution >= 4 is 11.9 Å². The van der Waals surface area contributed by atoms with Crippen molar-refractivity contribution in [1.82, 2.24) is 0 Å². The van der Waals surface area contributed by atoms with Gasteiger partial charge < -0.3 is 14.6 Å². The number of cyclic esters (lactones) is 1. The lowest BCUT2D eigenvalue weighted by Gasteiger charge is -2.30. The first kappa shape index (κ1) is 13.3. The summed E-state index contributed by atoms with van der Waals surface area (Å²) in [4.78, 5) is 23.2. The first-order valence-electron chi connectivity index (χ1n) is 5.93. The second-order valence-corrected chi connectivity index (χ2v) is 4.07. The molecule has 2 rings (SSSR count). The molecule has 0 amide bonds. The predicted octanol–water partition coefficient (Wildman–Crippen LogP) is 0.919. The van der Waals surface area contributed by atoms with Gasteiger partial charge >= 0.3 is 11.9 Å². The van der Waals surface area contributed by atoms with Gasteiger partial charge in [-0.2, -0.15) is 0 Å². The van der Waals surface area contributed by atoms with E-state index in [0.717, 1.165) is 0 Å². The summed E-state index contributed by atoms with van der Waals surface area (Å²) in [5.41, 5.74) is -1.71. The fourth-order valence-electron chi connectivity index (χ4n) is 1.93. The molecule has 2 atom stereocenters. The predicted molar refractivity (Wildman–Crippen MR) is 66.0 cm³/mol. The molecule has 1 N–H and O–H groups in total. The van der Waals surface area contributed by atoms with Gasteiger partial charge in [-0.1, -0.05) is 30.3 Å². The first-order chi connectivity index (χ1) is 9.09. The summed E-state index contributed by atoms with van der Waals surface area (Å²) in [5.74, 6) is -1.44. The molecule has 1 aliphatic heterocycles. The normalized spacial score (nSPS) is 20.7. The highest BCUT2D eigenvalue weighted by Crippen LogP contribution is 2.31. The molecule has 1 aromatic carbocycles. The highest BCUT2D eigenvalue weighted by atomic mass is 16.6. The summed E-state index contributed by atoms with van der Waals surface area (Å²) in [6.45, 7) is 1.76. The van der Waals surface area contributed by atoms with Crippen LogP contribution in [0.3, 0.4) is 0 Å². The highest BCUT2D eigenvalue weighted by Gasteiger charge is 2.49. The number of hydrogen-bond acceptors (Lipinski definition) is 5. The largest absolute Gasteiger partial charge is 0.463 e. The molecular weight excluding hydrogens is 248 g/mol. The van der Waals surface area contributed by atoms with Crippen LogP contribution in [0.2, 0.25) is 0 Å². The first-order valence-corrected chi connectivity index (χ1v) is 5.93. The van der Waals surface area contributed by atoms with Crippen LogP contribution in [0.15, 0.2) is 42.5 Å². The van der Waals surface area contributed by atoms with Gasteiger partial charge in [0.2, 0.25) is 5.60 Å². The molecule has 1 heterocycles. The fraction of sp³-hybridized carbons (Fsp3) is 0.286. The van der Waals surface area contributed by atoms with Crippen molar-refractivity contribution in [2.24, 2.45) is 0 Å². The van der Waals surface area contributed by atoms with Gasteiger partial charge in [0, 0.05) is 6.08 Å². The van der Waals surface area contributed by atoms with Crippen LogP contribution in [-0.2, 0) is 24.7 Å². The maximum atomic E-state index is 12.1. The number of carbonyl (C=O) groups is 2. The number of aliphatic hydroxyl groups is 1. The Morgan fingerprint density at radius 3 is 2.63 bits per heavy atom. The van der Waals surface area contributed by atoms with E-state index in [1.807, 2.05) is 0 Å². The van der Waals surface area contributed by atoms with Crippen molar-refractivity contribution in [1.29, 1.82) is 0 Å². The quantitative estimate of drug-likeness (QED) is 0.817. The lowest BCUT2D eigenvalue weighted by molar-refractivity contribution is -0.181. The zero-order chi connectivity index (χ0) is 13.9. The molecule has 0 aromatic heterocycles. The zero-order valence-electron chi connectivity index (χ0n) is 10.4. The molecule has 1 aliphatic rings. The number of ether oxygens (including phenoxy) is 2. The number of benzene rings is 1. The van der Waals surface area contributed by atoms with Crippen molar-refractivity contribution in [2.75, 3.05) is 6.61 Å². The van der Waals surface area contributed by atoms with Crippen LogP contribution in [0.25, 0.3) is 0 Å². The standard InChI is InChI=1S/C14H14O5/c1-2-18-13(16)14(17,10-6-4-3-5-7-10)11-8-9-12(15)19-11/h3-9,11,17H,2H2,1H3/t11-,14-/m0/s1. The highest BCUT2D eigenvalue weighted by molar-refractivity contribution is 5.88. The fourth-order valence-corrected chi connectivity index (χ4v) is 1.93. The van der Waals surface area contributed by atoms with Crippen molar-refractivity contribution < 1.29 is 24.2 Å². The molecule has 0 spiro atoms. The molecule has 0 bridgehead atoms. The molecule has 0 saturated heterocycles. The summed E-state index contributed by atoms with van der Waals surface area (Å²) >= 11 is 0. The van der Waals surface area contributed by atoms with Crippen LogP contribution >= 0.6 is 0 Å². The third kappa shape index (κ3) is 2.37. The van der Waals surface area contributed by atoms with E-state index in [1.54, 1.807) is 37.3 Å². The van der Waals surface area contributed by atoms with Gasteiger partial charge in [0.1, 0.15) is 0 Å². The van der Waals surface area contributed by atoms with E-state index in [2.05, 4.69) is 0 Å². The second-order valence-electron chi connectivity index (χ2n) is 4.07. The minimum Gasteiger partial charge on any atom is -0.463 e. The monoisotopic (exact) mass is 262 g/mol. The van der Waals surface area contributed by atoms with Gasteiger partial charge in [0.05, 0.1) is 6.61 Å². The van der Waals surface area contributed by atoms with Gasteiger partial charge in [0.25, 0.3) is 0 Å². The Labute approximate surface area is 110 Å². The van der Waals surface area contributed by atoms with Crippen LogP contribution in [-0.4, -0.2) is 29.8 Å². The van der Waals surface area contributed by atoms with Crippen molar-refractivity contribution in [2.45, 2.75) is 18.6 Å². The van der Waals surface area contributed by atoms with Crippen LogP contribution in [0, 0.1) is 0 Å². The van der Waals surface area contributed by atoms with Gasteiger partial charge in [-0.3, -0.25) is 0 Å². The van der Waals surface area contributed by atoms with E-state index in [-0.39, 0.29) is 6.61 Å². The molecule has 0 fully saturated rings. The molecule has 5 nitrogen and oxygen atoms in total. The number of esters is 2. The molecule has 1 aromatic rings. The van der Waals surface area contributed by atoms with Crippen LogP contribution in [0.4, 0.5) is 0 Å².